The highest BCUT2D eigenvalue weighted by Crippen LogP contribution is 2.25. The first-order chi connectivity index (χ1) is 12.3. The summed E-state index contributed by atoms with van der Waals surface area (Å²) in [7, 11) is 3.40. The van der Waals surface area contributed by atoms with Crippen molar-refractivity contribution >= 4 is 34.6 Å². The number of anilines is 1. The highest BCUT2D eigenvalue weighted by Gasteiger charge is 2.20. The van der Waals surface area contributed by atoms with Gasteiger partial charge in [0, 0.05) is 31.1 Å². The Labute approximate surface area is 154 Å². The molecule has 9 heteroatoms. The molecule has 1 aromatic heterocycles. The molecule has 1 N–H and O–H groups in total. The van der Waals surface area contributed by atoms with Gasteiger partial charge in [-0.2, -0.15) is 0 Å². The van der Waals surface area contributed by atoms with Crippen LogP contribution in [0.1, 0.15) is 28.2 Å². The van der Waals surface area contributed by atoms with Crippen LogP contribution in [0.15, 0.2) is 35.7 Å². The lowest BCUT2D eigenvalue weighted by Gasteiger charge is -2.17. The van der Waals surface area contributed by atoms with Gasteiger partial charge < -0.3 is 15.0 Å². The molecule has 0 fully saturated rings. The zero-order valence-corrected chi connectivity index (χ0v) is 15.4. The monoisotopic (exact) mass is 377 g/mol. The van der Waals surface area contributed by atoms with Gasteiger partial charge in [-0.25, -0.2) is 4.79 Å². The fourth-order valence-corrected chi connectivity index (χ4v) is 3.03. The van der Waals surface area contributed by atoms with Gasteiger partial charge in [0.1, 0.15) is 0 Å². The van der Waals surface area contributed by atoms with Gasteiger partial charge in [-0.3, -0.25) is 14.9 Å². The molecule has 1 heterocycles. The van der Waals surface area contributed by atoms with Gasteiger partial charge in [0.2, 0.25) is 0 Å². The number of rotatable bonds is 7. The Kier molecular flexibility index (Phi) is 6.29. The first-order valence-electron chi connectivity index (χ1n) is 7.75. The minimum atomic E-state index is -0.795. The lowest BCUT2D eigenvalue weighted by Crippen LogP contribution is -2.31. The second kappa shape index (κ2) is 8.43. The number of carbonyl (C=O) groups is 2. The molecule has 26 heavy (non-hydrogen) atoms. The summed E-state index contributed by atoms with van der Waals surface area (Å²) in [6, 6.07) is 7.50. The number of nitro groups is 1. The molecule has 0 saturated carbocycles. The van der Waals surface area contributed by atoms with Crippen LogP contribution in [0.3, 0.4) is 0 Å². The van der Waals surface area contributed by atoms with Crippen LogP contribution in [-0.2, 0) is 9.53 Å². The quantitative estimate of drug-likeness (QED) is 0.452. The average molecular weight is 377 g/mol. The predicted octanol–water partition coefficient (Wildman–Crippen LogP) is 2.76. The number of nitrogens with zero attached hydrogens (tertiary/aromatic N) is 2. The molecule has 1 amide bonds. The van der Waals surface area contributed by atoms with Crippen LogP contribution in [0.4, 0.5) is 11.4 Å². The van der Waals surface area contributed by atoms with Crippen molar-refractivity contribution < 1.29 is 19.2 Å². The summed E-state index contributed by atoms with van der Waals surface area (Å²) in [5.41, 5.74) is 0.273. The Morgan fingerprint density at radius 2 is 2.08 bits per heavy atom. The number of carbonyl (C=O) groups excluding carboxylic acids is 2. The van der Waals surface area contributed by atoms with Crippen molar-refractivity contribution in [2.45, 2.75) is 13.0 Å². The molecular formula is C17H19N3O5S. The molecule has 1 atom stereocenters. The highest BCUT2D eigenvalue weighted by atomic mass is 32.1. The van der Waals surface area contributed by atoms with Crippen LogP contribution < -0.4 is 10.2 Å². The molecule has 0 bridgehead atoms. The molecule has 0 aliphatic rings. The van der Waals surface area contributed by atoms with Crippen molar-refractivity contribution in [3.05, 3.63) is 56.3 Å². The number of hydrogen-bond donors (Lipinski definition) is 1. The summed E-state index contributed by atoms with van der Waals surface area (Å²) < 4.78 is 5.04. The van der Waals surface area contributed by atoms with Gasteiger partial charge in [-0.1, -0.05) is 6.07 Å². The number of nitrogens with one attached hydrogen (secondary N) is 1. The molecule has 8 nitrogen and oxygen atoms in total. The number of ether oxygens (including phenoxy) is 1. The third-order valence-corrected chi connectivity index (χ3v) is 4.63. The normalized spacial score (nSPS) is 11.5. The summed E-state index contributed by atoms with van der Waals surface area (Å²) in [5, 5.41) is 15.6. The van der Waals surface area contributed by atoms with Crippen molar-refractivity contribution in [1.82, 2.24) is 5.32 Å². The highest BCUT2D eigenvalue weighted by molar-refractivity contribution is 7.10. The Morgan fingerprint density at radius 3 is 2.65 bits per heavy atom. The van der Waals surface area contributed by atoms with Crippen LogP contribution >= 0.6 is 11.3 Å². The fourth-order valence-electron chi connectivity index (χ4n) is 2.29. The van der Waals surface area contributed by atoms with Crippen molar-refractivity contribution in [1.29, 1.82) is 0 Å². The third-order valence-electron chi connectivity index (χ3n) is 3.57. The topological polar surface area (TPSA) is 102 Å². The predicted molar refractivity (Wildman–Crippen MR) is 98.6 cm³/mol. The summed E-state index contributed by atoms with van der Waals surface area (Å²) in [6.07, 6.45) is 0. The molecule has 0 unspecified atom stereocenters. The van der Waals surface area contributed by atoms with E-state index in [0.717, 1.165) is 10.9 Å². The smallest absolute Gasteiger partial charge is 0.341 e. The first-order valence-corrected chi connectivity index (χ1v) is 8.63. The zero-order chi connectivity index (χ0) is 19.3. The standard InChI is InChI=1S/C17H19N3O5S/c1-11(15-5-4-8-26-15)18-16(21)10-25-17(22)13-9-12(20(23)24)6-7-14(13)19(2)3/h4-9,11H,10H2,1-3H3,(H,18,21)/t11-/m1/s1. The maximum Gasteiger partial charge on any atom is 0.341 e. The number of thiophene rings is 1. The summed E-state index contributed by atoms with van der Waals surface area (Å²) >= 11 is 1.51. The van der Waals surface area contributed by atoms with E-state index in [0.29, 0.717) is 5.69 Å². The van der Waals surface area contributed by atoms with E-state index in [4.69, 9.17) is 4.74 Å². The number of amides is 1. The molecule has 0 saturated heterocycles. The van der Waals surface area contributed by atoms with Crippen LogP contribution in [0, 0.1) is 10.1 Å². The van der Waals surface area contributed by atoms with Gasteiger partial charge in [0.05, 0.1) is 22.2 Å². The van der Waals surface area contributed by atoms with E-state index in [1.54, 1.807) is 19.0 Å². The SMILES string of the molecule is C[C@@H](NC(=O)COC(=O)c1cc([N+](=O)[O-])ccc1N(C)C)c1cccs1. The molecule has 0 radical (unpaired) electrons. The van der Waals surface area contributed by atoms with Gasteiger partial charge in [-0.15, -0.1) is 11.3 Å². The van der Waals surface area contributed by atoms with E-state index in [1.165, 1.54) is 23.5 Å². The maximum absolute atomic E-state index is 12.3. The summed E-state index contributed by atoms with van der Waals surface area (Å²) in [5.74, 6) is -1.24. The molecule has 0 spiro atoms. The first kappa shape index (κ1) is 19.4. The zero-order valence-electron chi connectivity index (χ0n) is 14.6. The lowest BCUT2D eigenvalue weighted by molar-refractivity contribution is -0.384. The van der Waals surface area contributed by atoms with Gasteiger partial charge in [-0.05, 0) is 24.4 Å². The molecule has 2 rings (SSSR count). The second-order valence-electron chi connectivity index (χ2n) is 5.73. The minimum absolute atomic E-state index is 0.0308. The minimum Gasteiger partial charge on any atom is -0.452 e. The van der Waals surface area contributed by atoms with E-state index >= 15 is 0 Å². The largest absolute Gasteiger partial charge is 0.452 e. The Bertz CT molecular complexity index is 805. The van der Waals surface area contributed by atoms with Gasteiger partial charge in [0.15, 0.2) is 6.61 Å². The van der Waals surface area contributed by atoms with Crippen molar-refractivity contribution in [2.24, 2.45) is 0 Å². The van der Waals surface area contributed by atoms with E-state index in [1.807, 2.05) is 24.4 Å². The fraction of sp³-hybridized carbons (Fsp3) is 0.294. The number of benzene rings is 1. The van der Waals surface area contributed by atoms with E-state index < -0.39 is 23.4 Å². The molecule has 0 aliphatic carbocycles. The van der Waals surface area contributed by atoms with Crippen LogP contribution in [0.2, 0.25) is 0 Å². The summed E-state index contributed by atoms with van der Waals surface area (Å²) in [4.78, 5) is 37.3. The van der Waals surface area contributed by atoms with Crippen molar-refractivity contribution in [3.63, 3.8) is 0 Å². The summed E-state index contributed by atoms with van der Waals surface area (Å²) in [6.45, 7) is 1.36. The number of non-ortho nitro benzene ring substituents is 1. The molecule has 1 aromatic carbocycles. The number of hydrogen-bond acceptors (Lipinski definition) is 7. The second-order valence-corrected chi connectivity index (χ2v) is 6.71. The molecular weight excluding hydrogens is 358 g/mol. The van der Waals surface area contributed by atoms with E-state index in [-0.39, 0.29) is 17.3 Å². The van der Waals surface area contributed by atoms with Gasteiger partial charge >= 0.3 is 5.97 Å². The van der Waals surface area contributed by atoms with Crippen molar-refractivity contribution in [2.75, 3.05) is 25.6 Å². The average Bonchev–Trinajstić information content (AvgIpc) is 3.13. The van der Waals surface area contributed by atoms with Crippen LogP contribution in [-0.4, -0.2) is 37.5 Å². The molecule has 0 aliphatic heterocycles. The Morgan fingerprint density at radius 1 is 1.35 bits per heavy atom. The van der Waals surface area contributed by atoms with E-state index in [9.17, 15) is 19.7 Å². The lowest BCUT2D eigenvalue weighted by atomic mass is 10.1. The molecule has 138 valence electrons. The van der Waals surface area contributed by atoms with Crippen molar-refractivity contribution in [3.8, 4) is 0 Å². The number of esters is 1. The van der Waals surface area contributed by atoms with E-state index in [2.05, 4.69) is 5.32 Å². The Balaban J connectivity index is 2.03. The number of nitro benzene ring substituents is 1. The van der Waals surface area contributed by atoms with Crippen LogP contribution in [0.25, 0.3) is 0 Å². The van der Waals surface area contributed by atoms with Crippen LogP contribution in [0.5, 0.6) is 0 Å². The third kappa shape index (κ3) is 4.79. The van der Waals surface area contributed by atoms with Gasteiger partial charge in [0.25, 0.3) is 11.6 Å². The molecule has 2 aromatic rings. The Hall–Kier alpha value is -2.94. The maximum atomic E-state index is 12.3.